The summed E-state index contributed by atoms with van der Waals surface area (Å²) >= 11 is 0. The lowest BCUT2D eigenvalue weighted by molar-refractivity contribution is -0.158. The third kappa shape index (κ3) is 5.90. The van der Waals surface area contributed by atoms with E-state index in [4.69, 9.17) is 4.74 Å². The van der Waals surface area contributed by atoms with Gasteiger partial charge in [-0.1, -0.05) is 58.1 Å². The van der Waals surface area contributed by atoms with Crippen LogP contribution in [0, 0.1) is 17.8 Å². The van der Waals surface area contributed by atoms with E-state index >= 15 is 0 Å². The molecule has 120 valence electrons. The first kappa shape index (κ1) is 17.7. The first-order valence-electron chi connectivity index (χ1n) is 8.14. The number of hydrogen-bond acceptors (Lipinski definition) is 3. The number of aliphatic carboxylic acids is 1. The van der Waals surface area contributed by atoms with Gasteiger partial charge in [-0.25, -0.2) is 0 Å². The highest BCUT2D eigenvalue weighted by Gasteiger charge is 2.38. The molecule has 0 saturated carbocycles. The van der Waals surface area contributed by atoms with Crippen LogP contribution in [0.3, 0.4) is 0 Å². The van der Waals surface area contributed by atoms with Gasteiger partial charge in [0, 0.05) is 0 Å². The van der Waals surface area contributed by atoms with Crippen molar-refractivity contribution in [3.8, 4) is 0 Å². The maximum atomic E-state index is 12.1. The zero-order valence-electron chi connectivity index (χ0n) is 13.2. The van der Waals surface area contributed by atoms with Gasteiger partial charge < -0.3 is 9.84 Å². The Morgan fingerprint density at radius 1 is 1.19 bits per heavy atom. The standard InChI is InChI=1S/C17H28O4/c1-3-4-5-6-7-8-12-21-17(20)15-13(2)10-9-11-14(15)16(18)19/h9,11,13-15H,3-8,10,12H2,1-2H3,(H,18,19). The monoisotopic (exact) mass is 296 g/mol. The number of unbranched alkanes of at least 4 members (excludes halogenated alkanes) is 5. The lowest BCUT2D eigenvalue weighted by atomic mass is 9.77. The molecule has 1 rings (SSSR count). The summed E-state index contributed by atoms with van der Waals surface area (Å²) in [5.41, 5.74) is 0. The molecular formula is C17H28O4. The highest BCUT2D eigenvalue weighted by atomic mass is 16.5. The van der Waals surface area contributed by atoms with Gasteiger partial charge in [0.15, 0.2) is 0 Å². The maximum Gasteiger partial charge on any atom is 0.311 e. The van der Waals surface area contributed by atoms with Crippen molar-refractivity contribution in [2.75, 3.05) is 6.61 Å². The van der Waals surface area contributed by atoms with Crippen molar-refractivity contribution in [2.24, 2.45) is 17.8 Å². The van der Waals surface area contributed by atoms with E-state index in [-0.39, 0.29) is 11.9 Å². The number of carbonyl (C=O) groups excluding carboxylic acids is 1. The smallest absolute Gasteiger partial charge is 0.311 e. The highest BCUT2D eigenvalue weighted by Crippen LogP contribution is 2.31. The van der Waals surface area contributed by atoms with Crippen LogP contribution in [0.25, 0.3) is 0 Å². The van der Waals surface area contributed by atoms with Crippen molar-refractivity contribution in [1.29, 1.82) is 0 Å². The number of ether oxygens (including phenoxy) is 1. The van der Waals surface area contributed by atoms with E-state index < -0.39 is 17.8 Å². The average Bonchev–Trinajstić information content (AvgIpc) is 2.45. The minimum atomic E-state index is -0.945. The second-order valence-electron chi connectivity index (χ2n) is 5.97. The maximum absolute atomic E-state index is 12.1. The lowest BCUT2D eigenvalue weighted by Gasteiger charge is -2.28. The topological polar surface area (TPSA) is 63.6 Å². The molecule has 3 unspecified atom stereocenters. The van der Waals surface area contributed by atoms with Gasteiger partial charge in [0.05, 0.1) is 18.4 Å². The summed E-state index contributed by atoms with van der Waals surface area (Å²) < 4.78 is 5.30. The van der Waals surface area contributed by atoms with Gasteiger partial charge in [-0.2, -0.15) is 0 Å². The molecule has 1 aliphatic rings. The fourth-order valence-electron chi connectivity index (χ4n) is 2.83. The molecular weight excluding hydrogens is 268 g/mol. The first-order chi connectivity index (χ1) is 10.1. The van der Waals surface area contributed by atoms with Crippen molar-refractivity contribution >= 4 is 11.9 Å². The Labute approximate surface area is 127 Å². The Bertz CT molecular complexity index is 362. The molecule has 4 heteroatoms. The van der Waals surface area contributed by atoms with Crippen LogP contribution in [0.15, 0.2) is 12.2 Å². The predicted octanol–water partition coefficient (Wildman–Crippen LogP) is 3.80. The van der Waals surface area contributed by atoms with Crippen LogP contribution in [-0.2, 0) is 14.3 Å². The molecule has 0 radical (unpaired) electrons. The first-order valence-corrected chi connectivity index (χ1v) is 8.14. The molecule has 4 nitrogen and oxygen atoms in total. The van der Waals surface area contributed by atoms with E-state index in [1.54, 1.807) is 6.08 Å². The Kier molecular flexibility index (Phi) is 8.09. The van der Waals surface area contributed by atoms with Gasteiger partial charge in [-0.05, 0) is 18.8 Å². The summed E-state index contributed by atoms with van der Waals surface area (Å²) in [6.45, 7) is 4.50. The van der Waals surface area contributed by atoms with Gasteiger partial charge in [-0.3, -0.25) is 9.59 Å². The quantitative estimate of drug-likeness (QED) is 0.399. The number of esters is 1. The number of carboxylic acid groups (broad SMARTS) is 1. The van der Waals surface area contributed by atoms with Crippen LogP contribution in [-0.4, -0.2) is 23.7 Å². The van der Waals surface area contributed by atoms with Gasteiger partial charge in [-0.15, -0.1) is 0 Å². The largest absolute Gasteiger partial charge is 0.481 e. The Hall–Kier alpha value is -1.32. The number of carboxylic acids is 1. The molecule has 0 aromatic carbocycles. The minimum absolute atomic E-state index is 0.0214. The summed E-state index contributed by atoms with van der Waals surface area (Å²) in [6.07, 6.45) is 11.0. The number of rotatable bonds is 9. The molecule has 0 aliphatic heterocycles. The average molecular weight is 296 g/mol. The normalized spacial score (nSPS) is 24.8. The molecule has 0 aromatic rings. The Morgan fingerprint density at radius 3 is 2.52 bits per heavy atom. The Balaban J connectivity index is 2.32. The third-order valence-electron chi connectivity index (χ3n) is 4.15. The van der Waals surface area contributed by atoms with E-state index in [1.807, 2.05) is 13.0 Å². The van der Waals surface area contributed by atoms with E-state index in [9.17, 15) is 14.7 Å². The highest BCUT2D eigenvalue weighted by molar-refractivity contribution is 5.83. The van der Waals surface area contributed by atoms with Gasteiger partial charge in [0.2, 0.25) is 0 Å². The summed E-state index contributed by atoms with van der Waals surface area (Å²) in [4.78, 5) is 23.4. The van der Waals surface area contributed by atoms with Crippen molar-refractivity contribution in [3.05, 3.63) is 12.2 Å². The lowest BCUT2D eigenvalue weighted by Crippen LogP contribution is -2.36. The molecule has 0 bridgehead atoms. The van der Waals surface area contributed by atoms with Crippen LogP contribution < -0.4 is 0 Å². The van der Waals surface area contributed by atoms with Crippen molar-refractivity contribution in [3.63, 3.8) is 0 Å². The van der Waals surface area contributed by atoms with E-state index in [0.29, 0.717) is 6.61 Å². The van der Waals surface area contributed by atoms with Crippen molar-refractivity contribution < 1.29 is 19.4 Å². The van der Waals surface area contributed by atoms with Crippen molar-refractivity contribution in [1.82, 2.24) is 0 Å². The van der Waals surface area contributed by atoms with Crippen LogP contribution in [0.5, 0.6) is 0 Å². The molecule has 0 spiro atoms. The predicted molar refractivity (Wildman–Crippen MR) is 81.9 cm³/mol. The van der Waals surface area contributed by atoms with E-state index in [1.165, 1.54) is 25.7 Å². The molecule has 1 aliphatic carbocycles. The van der Waals surface area contributed by atoms with Crippen LogP contribution in [0.2, 0.25) is 0 Å². The molecule has 0 saturated heterocycles. The van der Waals surface area contributed by atoms with Gasteiger partial charge in [0.25, 0.3) is 0 Å². The molecule has 0 heterocycles. The minimum Gasteiger partial charge on any atom is -0.481 e. The summed E-state index contributed by atoms with van der Waals surface area (Å²) in [5, 5.41) is 9.21. The summed E-state index contributed by atoms with van der Waals surface area (Å²) in [6, 6.07) is 0. The van der Waals surface area contributed by atoms with E-state index in [0.717, 1.165) is 19.3 Å². The third-order valence-corrected chi connectivity index (χ3v) is 4.15. The number of carbonyl (C=O) groups is 2. The molecule has 0 amide bonds. The van der Waals surface area contributed by atoms with E-state index in [2.05, 4.69) is 6.92 Å². The zero-order valence-corrected chi connectivity index (χ0v) is 13.2. The number of allylic oxidation sites excluding steroid dienone is 1. The second-order valence-corrected chi connectivity index (χ2v) is 5.97. The van der Waals surface area contributed by atoms with Gasteiger partial charge >= 0.3 is 11.9 Å². The fourth-order valence-corrected chi connectivity index (χ4v) is 2.83. The van der Waals surface area contributed by atoms with Crippen molar-refractivity contribution in [2.45, 2.75) is 58.8 Å². The molecule has 1 N–H and O–H groups in total. The molecule has 0 aromatic heterocycles. The summed E-state index contributed by atoms with van der Waals surface area (Å²) in [7, 11) is 0. The molecule has 0 fully saturated rings. The number of hydrogen-bond donors (Lipinski definition) is 1. The SMILES string of the molecule is CCCCCCCCOC(=O)C1C(C)CC=CC1C(=O)O. The molecule has 3 atom stereocenters. The zero-order chi connectivity index (χ0) is 15.7. The summed E-state index contributed by atoms with van der Waals surface area (Å²) in [5.74, 6) is -2.57. The second kappa shape index (κ2) is 9.59. The van der Waals surface area contributed by atoms with Crippen LogP contribution >= 0.6 is 0 Å². The fraction of sp³-hybridized carbons (Fsp3) is 0.765. The van der Waals surface area contributed by atoms with Crippen LogP contribution in [0.1, 0.15) is 58.8 Å². The van der Waals surface area contributed by atoms with Gasteiger partial charge in [0.1, 0.15) is 0 Å². The van der Waals surface area contributed by atoms with Crippen LogP contribution in [0.4, 0.5) is 0 Å². The molecule has 21 heavy (non-hydrogen) atoms. The Morgan fingerprint density at radius 2 is 1.86 bits per heavy atom.